The van der Waals surface area contributed by atoms with Crippen molar-refractivity contribution in [2.45, 2.75) is 45.2 Å². The second kappa shape index (κ2) is 6.89. The molecule has 1 aromatic carbocycles. The molecule has 1 aliphatic rings. The lowest BCUT2D eigenvalue weighted by molar-refractivity contribution is -0.119. The fourth-order valence-electron chi connectivity index (χ4n) is 2.82. The monoisotopic (exact) mass is 352 g/mol. The maximum Gasteiger partial charge on any atom is 0.220 e. The van der Waals surface area contributed by atoms with E-state index in [1.54, 1.807) is 0 Å². The van der Waals surface area contributed by atoms with Crippen molar-refractivity contribution in [1.82, 2.24) is 20.1 Å². The Bertz CT molecular complexity index is 709. The van der Waals surface area contributed by atoms with Crippen LogP contribution in [0.15, 0.2) is 18.2 Å². The van der Waals surface area contributed by atoms with E-state index in [1.165, 1.54) is 0 Å². The second-order valence-corrected chi connectivity index (χ2v) is 6.46. The molecule has 1 aliphatic heterocycles. The Hall–Kier alpha value is -1.59. The first-order valence-electron chi connectivity index (χ1n) is 7.71. The molecular formula is C16H18Cl2N4O. The van der Waals surface area contributed by atoms with Crippen LogP contribution in [0.2, 0.25) is 10.0 Å². The number of benzene rings is 1. The van der Waals surface area contributed by atoms with Crippen molar-refractivity contribution >= 4 is 29.1 Å². The Morgan fingerprint density at radius 1 is 1.35 bits per heavy atom. The van der Waals surface area contributed by atoms with E-state index >= 15 is 0 Å². The van der Waals surface area contributed by atoms with E-state index in [-0.39, 0.29) is 11.9 Å². The number of nitrogens with one attached hydrogen (secondary N) is 1. The summed E-state index contributed by atoms with van der Waals surface area (Å²) < 4.78 is 1.88. The van der Waals surface area contributed by atoms with E-state index in [2.05, 4.69) is 15.4 Å². The zero-order valence-electron chi connectivity index (χ0n) is 12.9. The molecule has 7 heteroatoms. The molecule has 0 spiro atoms. The van der Waals surface area contributed by atoms with Crippen molar-refractivity contribution in [3.8, 4) is 0 Å². The van der Waals surface area contributed by atoms with Gasteiger partial charge in [-0.25, -0.2) is 4.98 Å². The molecule has 1 amide bonds. The van der Waals surface area contributed by atoms with E-state index in [4.69, 9.17) is 23.2 Å². The Balaban J connectivity index is 1.80. The van der Waals surface area contributed by atoms with Crippen LogP contribution in [0, 0.1) is 0 Å². The van der Waals surface area contributed by atoms with Gasteiger partial charge in [-0.1, -0.05) is 29.3 Å². The fraction of sp³-hybridized carbons (Fsp3) is 0.438. The third-order valence-corrected chi connectivity index (χ3v) is 4.71. The fourth-order valence-corrected chi connectivity index (χ4v) is 3.35. The average Bonchev–Trinajstić information content (AvgIpc) is 3.09. The largest absolute Gasteiger partial charge is 0.353 e. The van der Waals surface area contributed by atoms with Gasteiger partial charge in [0.2, 0.25) is 5.91 Å². The number of nitrogens with zero attached hydrogens (tertiary/aromatic N) is 3. The summed E-state index contributed by atoms with van der Waals surface area (Å²) >= 11 is 12.4. The molecule has 1 saturated heterocycles. The van der Waals surface area contributed by atoms with E-state index in [0.717, 1.165) is 24.4 Å². The Morgan fingerprint density at radius 3 is 2.70 bits per heavy atom. The highest BCUT2D eigenvalue weighted by molar-refractivity contribution is 6.36. The number of rotatable bonds is 5. The molecule has 2 heterocycles. The molecule has 1 aromatic heterocycles. The van der Waals surface area contributed by atoms with Gasteiger partial charge in [0, 0.05) is 41.9 Å². The highest BCUT2D eigenvalue weighted by Crippen LogP contribution is 2.26. The summed E-state index contributed by atoms with van der Waals surface area (Å²) in [5.74, 6) is 1.69. The lowest BCUT2D eigenvalue weighted by Gasteiger charge is -2.09. The number of aryl methyl sites for hydroxylation is 1. The molecule has 3 rings (SSSR count). The smallest absolute Gasteiger partial charge is 0.220 e. The topological polar surface area (TPSA) is 59.8 Å². The zero-order valence-corrected chi connectivity index (χ0v) is 14.4. The minimum atomic E-state index is 0.112. The van der Waals surface area contributed by atoms with Gasteiger partial charge in [-0.3, -0.25) is 9.48 Å². The Labute approximate surface area is 145 Å². The van der Waals surface area contributed by atoms with Crippen molar-refractivity contribution in [2.75, 3.05) is 0 Å². The number of halogens is 2. The molecule has 122 valence electrons. The molecule has 5 nitrogen and oxygen atoms in total. The van der Waals surface area contributed by atoms with E-state index in [9.17, 15) is 4.79 Å². The minimum Gasteiger partial charge on any atom is -0.353 e. The molecular weight excluding hydrogens is 335 g/mol. The van der Waals surface area contributed by atoms with E-state index in [0.29, 0.717) is 35.1 Å². The molecule has 0 unspecified atom stereocenters. The first-order valence-corrected chi connectivity index (χ1v) is 8.47. The van der Waals surface area contributed by atoms with Crippen LogP contribution in [0.4, 0.5) is 0 Å². The van der Waals surface area contributed by atoms with Gasteiger partial charge in [0.15, 0.2) is 5.82 Å². The third-order valence-electron chi connectivity index (χ3n) is 4.00. The standard InChI is InChI=1S/C16H18Cl2N4O/c1-2-22-15(8-10-6-7-16(23)19-10)20-14(21-22)9-11-12(17)4-3-5-13(11)18/h3-5,10H,2,6-9H2,1H3,(H,19,23)/t10-/m1/s1. The molecule has 0 aliphatic carbocycles. The normalized spacial score (nSPS) is 17.5. The van der Waals surface area contributed by atoms with Gasteiger partial charge in [0.1, 0.15) is 5.82 Å². The number of hydrogen-bond acceptors (Lipinski definition) is 3. The molecule has 1 fully saturated rings. The molecule has 23 heavy (non-hydrogen) atoms. The predicted molar refractivity (Wildman–Crippen MR) is 89.8 cm³/mol. The summed E-state index contributed by atoms with van der Waals surface area (Å²) in [6.45, 7) is 2.76. The van der Waals surface area contributed by atoms with Crippen LogP contribution in [0.3, 0.4) is 0 Å². The SMILES string of the molecule is CCn1nc(Cc2c(Cl)cccc2Cl)nc1C[C@H]1CCC(=O)N1. The maximum atomic E-state index is 11.3. The van der Waals surface area contributed by atoms with Gasteiger partial charge in [-0.15, -0.1) is 0 Å². The van der Waals surface area contributed by atoms with Crippen molar-refractivity contribution in [1.29, 1.82) is 0 Å². The summed E-state index contributed by atoms with van der Waals surface area (Å²) in [5, 5.41) is 8.75. The zero-order chi connectivity index (χ0) is 16.4. The van der Waals surface area contributed by atoms with Gasteiger partial charge < -0.3 is 5.32 Å². The van der Waals surface area contributed by atoms with E-state index in [1.807, 2.05) is 29.8 Å². The van der Waals surface area contributed by atoms with Crippen molar-refractivity contribution in [3.05, 3.63) is 45.5 Å². The van der Waals surface area contributed by atoms with Crippen molar-refractivity contribution in [3.63, 3.8) is 0 Å². The minimum absolute atomic E-state index is 0.112. The quantitative estimate of drug-likeness (QED) is 0.899. The van der Waals surface area contributed by atoms with Crippen LogP contribution in [0.1, 0.15) is 37.0 Å². The Kier molecular flexibility index (Phi) is 4.87. The summed E-state index contributed by atoms with van der Waals surface area (Å²) in [6, 6.07) is 5.59. The van der Waals surface area contributed by atoms with Gasteiger partial charge in [-0.05, 0) is 31.0 Å². The highest BCUT2D eigenvalue weighted by atomic mass is 35.5. The number of hydrogen-bond donors (Lipinski definition) is 1. The average molecular weight is 353 g/mol. The molecule has 0 bridgehead atoms. The van der Waals surface area contributed by atoms with E-state index < -0.39 is 0 Å². The van der Waals surface area contributed by atoms with Gasteiger partial charge in [-0.2, -0.15) is 5.10 Å². The first kappa shape index (κ1) is 16.3. The third kappa shape index (κ3) is 3.67. The van der Waals surface area contributed by atoms with Crippen molar-refractivity contribution in [2.24, 2.45) is 0 Å². The molecule has 2 aromatic rings. The second-order valence-electron chi connectivity index (χ2n) is 5.64. The lowest BCUT2D eigenvalue weighted by atomic mass is 10.1. The van der Waals surface area contributed by atoms with Crippen LogP contribution in [-0.2, 0) is 24.2 Å². The summed E-state index contributed by atoms with van der Waals surface area (Å²) in [7, 11) is 0. The van der Waals surface area contributed by atoms with Gasteiger partial charge in [0.25, 0.3) is 0 Å². The molecule has 1 N–H and O–H groups in total. The van der Waals surface area contributed by atoms with Gasteiger partial charge >= 0.3 is 0 Å². The highest BCUT2D eigenvalue weighted by Gasteiger charge is 2.23. The van der Waals surface area contributed by atoms with Crippen LogP contribution < -0.4 is 5.32 Å². The van der Waals surface area contributed by atoms with Crippen LogP contribution >= 0.6 is 23.2 Å². The molecule has 1 atom stereocenters. The summed E-state index contributed by atoms with van der Waals surface area (Å²) in [6.07, 6.45) is 2.63. The maximum absolute atomic E-state index is 11.3. The first-order chi connectivity index (χ1) is 11.1. The summed E-state index contributed by atoms with van der Waals surface area (Å²) in [4.78, 5) is 16.0. The molecule has 0 saturated carbocycles. The van der Waals surface area contributed by atoms with Gasteiger partial charge in [0.05, 0.1) is 0 Å². The van der Waals surface area contributed by atoms with Crippen LogP contribution in [-0.4, -0.2) is 26.7 Å². The predicted octanol–water partition coefficient (Wildman–Crippen LogP) is 3.02. The van der Waals surface area contributed by atoms with Crippen molar-refractivity contribution < 1.29 is 4.79 Å². The number of amides is 1. The van der Waals surface area contributed by atoms with Crippen LogP contribution in [0.5, 0.6) is 0 Å². The number of aromatic nitrogens is 3. The molecule has 0 radical (unpaired) electrons. The Morgan fingerprint density at radius 2 is 2.09 bits per heavy atom. The number of carbonyl (C=O) groups excluding carboxylic acids is 1. The number of carbonyl (C=O) groups is 1. The van der Waals surface area contributed by atoms with Crippen LogP contribution in [0.25, 0.3) is 0 Å². The lowest BCUT2D eigenvalue weighted by Crippen LogP contribution is -2.28. The summed E-state index contributed by atoms with van der Waals surface area (Å²) in [5.41, 5.74) is 0.838.